The number of esters is 1. The van der Waals surface area contributed by atoms with Crippen molar-refractivity contribution in [3.63, 3.8) is 0 Å². The molecule has 0 saturated carbocycles. The molecule has 3 aromatic carbocycles. The maximum absolute atomic E-state index is 13.5. The Bertz CT molecular complexity index is 1490. The monoisotopic (exact) mass is 538 g/mol. The molecule has 0 amide bonds. The Morgan fingerprint density at radius 1 is 0.846 bits per heavy atom. The van der Waals surface area contributed by atoms with E-state index in [4.69, 9.17) is 14.6 Å². The Morgan fingerprint density at radius 3 is 2.13 bits per heavy atom. The van der Waals surface area contributed by atoms with Crippen LogP contribution in [0.15, 0.2) is 54.6 Å². The molecule has 1 aliphatic rings. The SMILES string of the molecule is O=C(O)C=Cc1cc(O)c2c(c1)C(C(=O)OC(Cc1ccc(O)c(O)c1)C(=O)O)C(c1ccc(O)c(O)c1)O2. The highest BCUT2D eigenvalue weighted by molar-refractivity contribution is 5.88. The zero-order valence-corrected chi connectivity index (χ0v) is 19.9. The van der Waals surface area contributed by atoms with Crippen molar-refractivity contribution in [2.75, 3.05) is 0 Å². The van der Waals surface area contributed by atoms with Gasteiger partial charge in [-0.25, -0.2) is 9.59 Å². The van der Waals surface area contributed by atoms with Crippen LogP contribution in [0.5, 0.6) is 34.5 Å². The molecule has 1 aliphatic heterocycles. The molecule has 0 aromatic heterocycles. The number of carbonyl (C=O) groups excluding carboxylic acids is 1. The second-order valence-electron chi connectivity index (χ2n) is 8.69. The van der Waals surface area contributed by atoms with Gasteiger partial charge in [0.2, 0.25) is 6.10 Å². The van der Waals surface area contributed by atoms with Crippen molar-refractivity contribution in [2.45, 2.75) is 24.5 Å². The summed E-state index contributed by atoms with van der Waals surface area (Å²) < 4.78 is 11.2. The number of fused-ring (bicyclic) bond motifs is 1. The lowest BCUT2D eigenvalue weighted by Gasteiger charge is -2.21. The van der Waals surface area contributed by atoms with Gasteiger partial charge in [0.25, 0.3) is 0 Å². The fourth-order valence-corrected chi connectivity index (χ4v) is 4.17. The van der Waals surface area contributed by atoms with E-state index in [1.54, 1.807) is 0 Å². The van der Waals surface area contributed by atoms with E-state index in [2.05, 4.69) is 0 Å². The third-order valence-corrected chi connectivity index (χ3v) is 6.00. The smallest absolute Gasteiger partial charge is 0.345 e. The van der Waals surface area contributed by atoms with Crippen molar-refractivity contribution < 1.29 is 59.6 Å². The lowest BCUT2D eigenvalue weighted by molar-refractivity contribution is -0.166. The molecule has 0 fully saturated rings. The highest BCUT2D eigenvalue weighted by atomic mass is 16.6. The van der Waals surface area contributed by atoms with Gasteiger partial charge in [-0.05, 0) is 59.2 Å². The molecule has 4 rings (SSSR count). The van der Waals surface area contributed by atoms with Crippen molar-refractivity contribution in [3.8, 4) is 34.5 Å². The molecule has 3 unspecified atom stereocenters. The summed E-state index contributed by atoms with van der Waals surface area (Å²) in [6.45, 7) is 0. The first-order valence-corrected chi connectivity index (χ1v) is 11.3. The quantitative estimate of drug-likeness (QED) is 0.125. The highest BCUT2D eigenvalue weighted by Gasteiger charge is 2.45. The second kappa shape index (κ2) is 10.5. The van der Waals surface area contributed by atoms with Gasteiger partial charge < -0.3 is 45.2 Å². The van der Waals surface area contributed by atoms with Gasteiger partial charge in [-0.3, -0.25) is 4.79 Å². The Labute approximate surface area is 219 Å². The number of carboxylic acid groups (broad SMARTS) is 2. The van der Waals surface area contributed by atoms with E-state index < -0.39 is 64.8 Å². The number of aromatic hydroxyl groups is 5. The molecule has 3 atom stereocenters. The average molecular weight is 538 g/mol. The Kier molecular flexibility index (Phi) is 7.20. The number of carbonyl (C=O) groups is 3. The number of hydrogen-bond acceptors (Lipinski definition) is 10. The first-order chi connectivity index (χ1) is 18.4. The molecule has 1 heterocycles. The van der Waals surface area contributed by atoms with E-state index in [9.17, 15) is 45.0 Å². The molecule has 202 valence electrons. The van der Waals surface area contributed by atoms with E-state index in [1.807, 2.05) is 0 Å². The molecule has 0 bridgehead atoms. The number of carboxylic acids is 2. The third-order valence-electron chi connectivity index (χ3n) is 6.00. The third kappa shape index (κ3) is 5.64. The lowest BCUT2D eigenvalue weighted by Crippen LogP contribution is -2.32. The predicted octanol–water partition coefficient (Wildman–Crippen LogP) is 2.77. The van der Waals surface area contributed by atoms with E-state index in [0.717, 1.165) is 30.3 Å². The minimum atomic E-state index is -1.73. The summed E-state index contributed by atoms with van der Waals surface area (Å²) in [7, 11) is 0. The molecule has 0 spiro atoms. The first-order valence-electron chi connectivity index (χ1n) is 11.3. The minimum absolute atomic E-state index is 0.0639. The van der Waals surface area contributed by atoms with Crippen molar-refractivity contribution in [1.29, 1.82) is 0 Å². The molecular formula is C27H22O12. The number of rotatable bonds is 8. The van der Waals surface area contributed by atoms with Crippen LogP contribution in [0, 0.1) is 0 Å². The summed E-state index contributed by atoms with van der Waals surface area (Å²) in [6, 6.07) is 9.81. The Morgan fingerprint density at radius 2 is 1.51 bits per heavy atom. The summed E-state index contributed by atoms with van der Waals surface area (Å²) in [5, 5.41) is 68.1. The van der Waals surface area contributed by atoms with Gasteiger partial charge in [0.15, 0.2) is 34.5 Å². The molecule has 12 heteroatoms. The van der Waals surface area contributed by atoms with Crippen LogP contribution in [0.3, 0.4) is 0 Å². The molecule has 7 N–H and O–H groups in total. The largest absolute Gasteiger partial charge is 0.504 e. The molecular weight excluding hydrogens is 516 g/mol. The van der Waals surface area contributed by atoms with Gasteiger partial charge in [0.1, 0.15) is 12.0 Å². The van der Waals surface area contributed by atoms with Gasteiger partial charge in [-0.15, -0.1) is 0 Å². The predicted molar refractivity (Wildman–Crippen MR) is 132 cm³/mol. The maximum Gasteiger partial charge on any atom is 0.345 e. The fraction of sp³-hybridized carbons (Fsp3) is 0.148. The number of ether oxygens (including phenoxy) is 2. The van der Waals surface area contributed by atoms with Crippen molar-refractivity contribution in [2.24, 2.45) is 0 Å². The van der Waals surface area contributed by atoms with Crippen LogP contribution >= 0.6 is 0 Å². The van der Waals surface area contributed by atoms with E-state index in [0.29, 0.717) is 0 Å². The zero-order valence-electron chi connectivity index (χ0n) is 19.9. The zero-order chi connectivity index (χ0) is 28.4. The van der Waals surface area contributed by atoms with Crippen molar-refractivity contribution in [3.05, 3.63) is 76.9 Å². The molecule has 0 radical (unpaired) electrons. The van der Waals surface area contributed by atoms with E-state index in [1.165, 1.54) is 30.3 Å². The van der Waals surface area contributed by atoms with Gasteiger partial charge >= 0.3 is 17.9 Å². The molecule has 3 aromatic rings. The van der Waals surface area contributed by atoms with Crippen molar-refractivity contribution >= 4 is 24.0 Å². The summed E-state index contributed by atoms with van der Waals surface area (Å²) in [6.07, 6.45) is -1.36. The van der Waals surface area contributed by atoms with Gasteiger partial charge in [-0.2, -0.15) is 0 Å². The molecule has 39 heavy (non-hydrogen) atoms. The first kappa shape index (κ1) is 26.7. The summed E-state index contributed by atoms with van der Waals surface area (Å²) >= 11 is 0. The van der Waals surface area contributed by atoms with Gasteiger partial charge in [-0.1, -0.05) is 12.1 Å². The number of phenols is 5. The van der Waals surface area contributed by atoms with Crippen LogP contribution in [-0.2, 0) is 25.5 Å². The topological polar surface area (TPSA) is 211 Å². The number of phenolic OH excluding ortho intramolecular Hbond substituents is 5. The van der Waals surface area contributed by atoms with Crippen LogP contribution in [0.2, 0.25) is 0 Å². The standard InChI is InChI=1S/C27H22O12/c28-16-4-1-13(8-18(16)30)10-21(26(35)36)38-27(37)23-15-7-12(2-6-22(33)34)9-20(32)25(15)39-24(23)14-3-5-17(29)19(31)11-14/h1-9,11,21,23-24,28-32H,10H2,(H,33,34)(H,35,36). The fourth-order valence-electron chi connectivity index (χ4n) is 4.17. The Hall–Kier alpha value is -5.39. The Balaban J connectivity index is 1.73. The van der Waals surface area contributed by atoms with Gasteiger partial charge in [0, 0.05) is 18.1 Å². The van der Waals surface area contributed by atoms with Gasteiger partial charge in [0.05, 0.1) is 0 Å². The lowest BCUT2D eigenvalue weighted by atomic mass is 9.89. The van der Waals surface area contributed by atoms with Crippen LogP contribution in [0.1, 0.15) is 34.3 Å². The van der Waals surface area contributed by atoms with Crippen LogP contribution in [-0.4, -0.2) is 59.8 Å². The molecule has 0 aliphatic carbocycles. The highest BCUT2D eigenvalue weighted by Crippen LogP contribution is 2.52. The number of aliphatic carboxylic acids is 2. The number of hydrogen-bond donors (Lipinski definition) is 7. The van der Waals surface area contributed by atoms with Crippen LogP contribution < -0.4 is 4.74 Å². The summed E-state index contributed by atoms with van der Waals surface area (Å²) in [5.41, 5.74) is 0.681. The van der Waals surface area contributed by atoms with Crippen LogP contribution in [0.4, 0.5) is 0 Å². The maximum atomic E-state index is 13.5. The van der Waals surface area contributed by atoms with E-state index in [-0.39, 0.29) is 34.4 Å². The molecule has 0 saturated heterocycles. The van der Waals surface area contributed by atoms with E-state index >= 15 is 0 Å². The molecule has 12 nitrogen and oxygen atoms in total. The minimum Gasteiger partial charge on any atom is -0.504 e. The average Bonchev–Trinajstić information content (AvgIpc) is 3.26. The van der Waals surface area contributed by atoms with Crippen LogP contribution in [0.25, 0.3) is 6.08 Å². The normalized spacial score (nSPS) is 16.8. The summed E-state index contributed by atoms with van der Waals surface area (Å²) in [5.74, 6) is -7.69. The second-order valence-corrected chi connectivity index (χ2v) is 8.69. The number of benzene rings is 3. The van der Waals surface area contributed by atoms with Crippen molar-refractivity contribution in [1.82, 2.24) is 0 Å². The summed E-state index contributed by atoms with van der Waals surface area (Å²) in [4.78, 5) is 36.4.